The third-order valence-corrected chi connectivity index (χ3v) is 29.9. The predicted molar refractivity (Wildman–Crippen MR) is 458 cm³/mol. The Bertz CT molecular complexity index is 1790. The first-order valence-electron chi connectivity index (χ1n) is 46.5. The fraction of sp³-hybridized carbons (Fsp3) is 1.00. The standard InChI is InChI=1S/C88H189N3O12Si3/c1-16-23-26-29-32-35-38-41-44-47-50-53-56-59-62-65-71-89(11)72-68-78-105(97-19-4,98-20-5)102-86(9)81-95-84-88(83-94-80-85(8)101-104(92,93)77-69-75-90(12,13)73-66-63-60-57-54-51-48-45-42-39-36-33-30-27-24-17-2)96-82-87(10)103-106(99-21-6,100-22-7)79-70-76-91(14,15)74-67-64-61-58-55-52-49-46-43-40-37-34-31-28-25-18-3/h85-88,92-93H,16-84H2,1-15H3/q+2/p+1. The van der Waals surface area contributed by atoms with Gasteiger partial charge in [0, 0.05) is 63.8 Å². The summed E-state index contributed by atoms with van der Waals surface area (Å²) >= 11 is 0. The predicted octanol–water partition coefficient (Wildman–Crippen LogP) is 22.2. The fourth-order valence-corrected chi connectivity index (χ4v) is 22.3. The van der Waals surface area contributed by atoms with Gasteiger partial charge in [0.05, 0.1) is 126 Å². The van der Waals surface area contributed by atoms with Crippen LogP contribution >= 0.6 is 0 Å². The molecule has 0 heterocycles. The number of nitrogens with zero attached hydrogens (tertiary/aromatic N) is 2. The van der Waals surface area contributed by atoms with E-state index in [0.717, 1.165) is 60.1 Å². The third kappa shape index (κ3) is 68.5. The van der Waals surface area contributed by atoms with Gasteiger partial charge in [0.15, 0.2) is 0 Å². The molecule has 106 heavy (non-hydrogen) atoms. The van der Waals surface area contributed by atoms with Gasteiger partial charge in [-0.3, -0.25) is 0 Å². The highest BCUT2D eigenvalue weighted by molar-refractivity contribution is 6.61. The topological polar surface area (TPSA) is 137 Å². The van der Waals surface area contributed by atoms with Crippen LogP contribution < -0.4 is 4.90 Å². The Morgan fingerprint density at radius 3 is 0.840 bits per heavy atom. The molecular weight excluding hydrogens is 1380 g/mol. The Kier molecular flexibility index (Phi) is 73.9. The van der Waals surface area contributed by atoms with Gasteiger partial charge >= 0.3 is 26.4 Å². The lowest BCUT2D eigenvalue weighted by Gasteiger charge is -2.34. The van der Waals surface area contributed by atoms with E-state index < -0.39 is 38.6 Å². The zero-order chi connectivity index (χ0) is 78.2. The average Bonchev–Trinajstić information content (AvgIpc) is 0.866. The molecule has 0 fully saturated rings. The van der Waals surface area contributed by atoms with Crippen LogP contribution in [0.3, 0.4) is 0 Å². The Labute approximate surface area is 664 Å². The van der Waals surface area contributed by atoms with Crippen LogP contribution in [0.25, 0.3) is 0 Å². The molecule has 3 N–H and O–H groups in total. The summed E-state index contributed by atoms with van der Waals surface area (Å²) in [6.07, 6.45) is 67.4. The molecule has 0 radical (unpaired) electrons. The average molecular weight is 1570 g/mol. The maximum atomic E-state index is 11.2. The van der Waals surface area contributed by atoms with Crippen molar-refractivity contribution >= 4 is 26.4 Å². The van der Waals surface area contributed by atoms with E-state index in [1.165, 1.54) is 321 Å². The van der Waals surface area contributed by atoms with Gasteiger partial charge in [-0.2, -0.15) is 0 Å². The lowest BCUT2D eigenvalue weighted by atomic mass is 10.0. The van der Waals surface area contributed by atoms with Gasteiger partial charge in [-0.1, -0.05) is 290 Å². The second-order valence-electron chi connectivity index (χ2n) is 34.1. The molecule has 638 valence electrons. The zero-order valence-electron chi connectivity index (χ0n) is 74.0. The minimum atomic E-state index is -3.94. The minimum absolute atomic E-state index is 0.175. The number of quaternary nitrogens is 3. The molecule has 0 aromatic carbocycles. The SMILES string of the molecule is CCCCCCCCCCCCCCCCCC[NH+](C)CCC[Si](OCC)(OCC)OC(C)COCC(COCC(C)O[Si](O)(O)CCC[N+](C)(C)CCCCCCCCCCCCCCCCCC)OCC(C)O[Si](CCC[N+](C)(C)CCCCCCCCCCCCCCCCCC)(OCC)OCC. The number of ether oxygens (including phenoxy) is 3. The second kappa shape index (κ2) is 73.9. The van der Waals surface area contributed by atoms with Gasteiger partial charge in [0.1, 0.15) is 6.10 Å². The molecule has 0 spiro atoms. The van der Waals surface area contributed by atoms with Crippen molar-refractivity contribution in [2.45, 2.75) is 439 Å². The summed E-state index contributed by atoms with van der Waals surface area (Å²) < 4.78 is 67.1. The number of nitrogens with one attached hydrogen (secondary N) is 1. The Balaban J connectivity index is 5.56. The summed E-state index contributed by atoms with van der Waals surface area (Å²) in [6.45, 7) is 30.7. The van der Waals surface area contributed by atoms with E-state index in [1.807, 2.05) is 48.5 Å². The number of unbranched alkanes of at least 4 members (excludes halogenated alkanes) is 45. The zero-order valence-corrected chi connectivity index (χ0v) is 77.0. The monoisotopic (exact) mass is 1570 g/mol. The lowest BCUT2D eigenvalue weighted by molar-refractivity contribution is -0.890. The van der Waals surface area contributed by atoms with Gasteiger partial charge in [0.2, 0.25) is 0 Å². The van der Waals surface area contributed by atoms with Crippen molar-refractivity contribution in [3.8, 4) is 0 Å². The molecule has 5 atom stereocenters. The first-order chi connectivity index (χ1) is 51.2. The van der Waals surface area contributed by atoms with Gasteiger partial charge < -0.3 is 68.6 Å². The van der Waals surface area contributed by atoms with Gasteiger partial charge in [0.25, 0.3) is 0 Å². The Morgan fingerprint density at radius 1 is 0.283 bits per heavy atom. The van der Waals surface area contributed by atoms with Crippen molar-refractivity contribution < 1.29 is 68.6 Å². The van der Waals surface area contributed by atoms with E-state index in [9.17, 15) is 9.59 Å². The molecule has 0 rings (SSSR count). The summed E-state index contributed by atoms with van der Waals surface area (Å²) in [5.41, 5.74) is 0. The highest BCUT2D eigenvalue weighted by Crippen LogP contribution is 2.26. The molecular formula is C88H190N3O12Si3+3. The van der Waals surface area contributed by atoms with E-state index in [0.29, 0.717) is 39.5 Å². The van der Waals surface area contributed by atoms with E-state index in [2.05, 4.69) is 56.0 Å². The largest absolute Gasteiger partial charge is 0.501 e. The van der Waals surface area contributed by atoms with Crippen LogP contribution in [0.2, 0.25) is 18.1 Å². The fourth-order valence-electron chi connectivity index (χ4n) is 15.3. The molecule has 5 unspecified atom stereocenters. The molecule has 0 aliphatic rings. The van der Waals surface area contributed by atoms with Gasteiger partial charge in [-0.15, -0.1) is 0 Å². The highest BCUT2D eigenvalue weighted by atomic mass is 28.4. The Morgan fingerprint density at radius 2 is 0.528 bits per heavy atom. The number of rotatable bonds is 88. The van der Waals surface area contributed by atoms with E-state index in [4.69, 9.17) is 45.2 Å². The van der Waals surface area contributed by atoms with Crippen molar-refractivity contribution in [1.82, 2.24) is 0 Å². The third-order valence-electron chi connectivity index (χ3n) is 21.8. The molecule has 0 bridgehead atoms. The van der Waals surface area contributed by atoms with Crippen LogP contribution in [0.1, 0.15) is 397 Å². The smallest absolute Gasteiger partial charge is 0.390 e. The van der Waals surface area contributed by atoms with Crippen molar-refractivity contribution in [1.29, 1.82) is 0 Å². The molecule has 0 aromatic rings. The van der Waals surface area contributed by atoms with Gasteiger partial charge in [-0.25, -0.2) is 0 Å². The van der Waals surface area contributed by atoms with Crippen LogP contribution in [-0.4, -0.2) is 203 Å². The summed E-state index contributed by atoms with van der Waals surface area (Å²) in [5, 5.41) is 0. The maximum Gasteiger partial charge on any atom is 0.501 e. The second-order valence-corrected chi connectivity index (χ2v) is 41.7. The normalized spacial score (nSPS) is 14.2. The van der Waals surface area contributed by atoms with Crippen LogP contribution in [0, 0.1) is 0 Å². The summed E-state index contributed by atoms with van der Waals surface area (Å²) in [4.78, 5) is 24.0. The molecule has 0 aliphatic carbocycles. The number of hydrogen-bond acceptors (Lipinski definition) is 12. The molecule has 15 nitrogen and oxygen atoms in total. The van der Waals surface area contributed by atoms with Crippen LogP contribution in [0.5, 0.6) is 0 Å². The molecule has 18 heteroatoms. The van der Waals surface area contributed by atoms with E-state index >= 15 is 0 Å². The lowest BCUT2D eigenvalue weighted by Crippen LogP contribution is -3.09. The first kappa shape index (κ1) is 106. The van der Waals surface area contributed by atoms with Crippen molar-refractivity contribution in [2.75, 3.05) is 134 Å². The molecule has 0 amide bonds. The highest BCUT2D eigenvalue weighted by Gasteiger charge is 2.44. The van der Waals surface area contributed by atoms with Crippen LogP contribution in [0.4, 0.5) is 0 Å². The van der Waals surface area contributed by atoms with Crippen LogP contribution in [-0.2, 0) is 45.2 Å². The first-order valence-corrected chi connectivity index (χ1v) is 52.3. The van der Waals surface area contributed by atoms with E-state index in [-0.39, 0.29) is 44.7 Å². The minimum Gasteiger partial charge on any atom is -0.390 e. The van der Waals surface area contributed by atoms with Gasteiger partial charge in [-0.05, 0) is 87.0 Å². The molecule has 0 saturated heterocycles. The molecule has 0 aromatic heterocycles. The number of hydrogen-bond donors (Lipinski definition) is 3. The summed E-state index contributed by atoms with van der Waals surface area (Å²) in [7, 11) is 1.56. The Hall–Kier alpha value is 0.0506. The van der Waals surface area contributed by atoms with Crippen LogP contribution in [0.15, 0.2) is 0 Å². The van der Waals surface area contributed by atoms with Crippen molar-refractivity contribution in [3.63, 3.8) is 0 Å². The van der Waals surface area contributed by atoms with E-state index in [1.54, 1.807) is 4.90 Å². The van der Waals surface area contributed by atoms with Crippen molar-refractivity contribution in [2.24, 2.45) is 0 Å². The maximum absolute atomic E-state index is 11.2. The summed E-state index contributed by atoms with van der Waals surface area (Å²) in [6, 6.07) is 1.77. The van der Waals surface area contributed by atoms with Crippen molar-refractivity contribution in [3.05, 3.63) is 0 Å². The molecule has 0 aliphatic heterocycles. The summed E-state index contributed by atoms with van der Waals surface area (Å²) in [5.74, 6) is 0. The quantitative estimate of drug-likeness (QED) is 0.0304. The molecule has 0 saturated carbocycles.